The Balaban J connectivity index is 1.37. The van der Waals surface area contributed by atoms with Crippen LogP contribution in [-0.2, 0) is 46.4 Å². The lowest BCUT2D eigenvalue weighted by Gasteiger charge is -2.26. The summed E-state index contributed by atoms with van der Waals surface area (Å²) < 4.78 is 20.8. The van der Waals surface area contributed by atoms with Gasteiger partial charge in [0, 0.05) is 25.1 Å². The maximum absolute atomic E-state index is 13.6. The van der Waals surface area contributed by atoms with Crippen LogP contribution in [0, 0.1) is 0 Å². The SMILES string of the molecule is CCOC(=O)[C@@H](CCC(=O)N1c2ccccc2C[C@H]1C(=O)OCC)NC(=O)[C@H](CCCCNC(=O)OCc1ccccc1)NC(=O)c1ccco1. The van der Waals surface area contributed by atoms with E-state index >= 15 is 0 Å². The van der Waals surface area contributed by atoms with Gasteiger partial charge in [-0.2, -0.15) is 0 Å². The van der Waals surface area contributed by atoms with Crippen LogP contribution >= 0.6 is 0 Å². The van der Waals surface area contributed by atoms with Crippen molar-refractivity contribution in [2.75, 3.05) is 24.7 Å². The van der Waals surface area contributed by atoms with Crippen LogP contribution in [0.4, 0.5) is 10.5 Å². The summed E-state index contributed by atoms with van der Waals surface area (Å²) in [4.78, 5) is 79.4. The second-order valence-electron chi connectivity index (χ2n) is 11.7. The molecule has 3 N–H and O–H groups in total. The van der Waals surface area contributed by atoms with E-state index in [0.717, 1.165) is 11.1 Å². The van der Waals surface area contributed by atoms with Gasteiger partial charge in [0.25, 0.3) is 5.91 Å². The molecule has 1 aliphatic rings. The number of hydrogen-bond donors (Lipinski definition) is 3. The van der Waals surface area contributed by atoms with Crippen LogP contribution in [0.5, 0.6) is 0 Å². The molecule has 3 aromatic rings. The van der Waals surface area contributed by atoms with Gasteiger partial charge in [-0.05, 0) is 68.9 Å². The van der Waals surface area contributed by atoms with Gasteiger partial charge in [0.05, 0.1) is 19.5 Å². The third kappa shape index (κ3) is 11.2. The molecule has 0 saturated heterocycles. The molecular weight excluding hydrogens is 660 g/mol. The third-order valence-corrected chi connectivity index (χ3v) is 8.11. The molecule has 1 aliphatic heterocycles. The van der Waals surface area contributed by atoms with Crippen LogP contribution in [0.2, 0.25) is 0 Å². The summed E-state index contributed by atoms with van der Waals surface area (Å²) in [5, 5.41) is 7.97. The number of alkyl carbamates (subject to hydrolysis) is 1. The van der Waals surface area contributed by atoms with Crippen LogP contribution < -0.4 is 20.9 Å². The van der Waals surface area contributed by atoms with Crippen molar-refractivity contribution in [3.05, 3.63) is 89.9 Å². The fourth-order valence-electron chi connectivity index (χ4n) is 5.62. The number of nitrogens with zero attached hydrogens (tertiary/aromatic N) is 1. The molecule has 272 valence electrons. The minimum atomic E-state index is -1.23. The molecule has 0 saturated carbocycles. The Morgan fingerprint density at radius 1 is 0.824 bits per heavy atom. The Kier molecular flexibility index (Phi) is 14.6. The number of unbranched alkanes of at least 4 members (excludes halogenated alkanes) is 1. The number of esters is 2. The van der Waals surface area contributed by atoms with Crippen LogP contribution in [0.25, 0.3) is 0 Å². The van der Waals surface area contributed by atoms with Gasteiger partial charge < -0.3 is 34.6 Å². The maximum atomic E-state index is 13.6. The Morgan fingerprint density at radius 2 is 1.57 bits per heavy atom. The molecule has 4 rings (SSSR count). The van der Waals surface area contributed by atoms with Crippen molar-refractivity contribution in [2.24, 2.45) is 0 Å². The van der Waals surface area contributed by atoms with Gasteiger partial charge in [0.1, 0.15) is 24.7 Å². The molecular formula is C37H44N4O10. The molecule has 4 amide bonds. The van der Waals surface area contributed by atoms with Crippen LogP contribution in [0.3, 0.4) is 0 Å². The molecule has 0 aliphatic carbocycles. The predicted molar refractivity (Wildman–Crippen MR) is 184 cm³/mol. The Morgan fingerprint density at radius 3 is 2.29 bits per heavy atom. The summed E-state index contributed by atoms with van der Waals surface area (Å²) in [6.45, 7) is 3.87. The maximum Gasteiger partial charge on any atom is 0.407 e. The van der Waals surface area contributed by atoms with E-state index in [0.29, 0.717) is 24.9 Å². The summed E-state index contributed by atoms with van der Waals surface area (Å²) in [7, 11) is 0. The number of anilines is 1. The van der Waals surface area contributed by atoms with Crippen molar-refractivity contribution in [2.45, 2.75) is 77.1 Å². The van der Waals surface area contributed by atoms with Gasteiger partial charge in [0.2, 0.25) is 11.8 Å². The van der Waals surface area contributed by atoms with E-state index in [1.165, 1.54) is 23.3 Å². The normalized spacial score (nSPS) is 14.4. The number of ether oxygens (including phenoxy) is 3. The van der Waals surface area contributed by atoms with Crippen LogP contribution in [0.15, 0.2) is 77.4 Å². The molecule has 2 heterocycles. The zero-order chi connectivity index (χ0) is 36.6. The number of carbonyl (C=O) groups excluding carboxylic acids is 6. The van der Waals surface area contributed by atoms with Gasteiger partial charge in [-0.25, -0.2) is 14.4 Å². The highest BCUT2D eigenvalue weighted by molar-refractivity contribution is 6.02. The minimum Gasteiger partial charge on any atom is -0.464 e. The topological polar surface area (TPSA) is 183 Å². The molecule has 0 radical (unpaired) electrons. The van der Waals surface area contributed by atoms with Gasteiger partial charge in [-0.15, -0.1) is 0 Å². The Bertz CT molecular complexity index is 1630. The summed E-state index contributed by atoms with van der Waals surface area (Å²) in [6, 6.07) is 16.2. The average molecular weight is 705 g/mol. The van der Waals surface area contributed by atoms with Crippen molar-refractivity contribution >= 4 is 41.4 Å². The van der Waals surface area contributed by atoms with Crippen molar-refractivity contribution < 1.29 is 47.4 Å². The van der Waals surface area contributed by atoms with E-state index in [2.05, 4.69) is 16.0 Å². The Hall–Kier alpha value is -5.66. The first-order valence-corrected chi connectivity index (χ1v) is 17.0. The highest BCUT2D eigenvalue weighted by atomic mass is 16.5. The fourth-order valence-corrected chi connectivity index (χ4v) is 5.62. The van der Waals surface area contributed by atoms with Gasteiger partial charge in [-0.1, -0.05) is 48.5 Å². The van der Waals surface area contributed by atoms with Crippen molar-refractivity contribution in [1.29, 1.82) is 0 Å². The van der Waals surface area contributed by atoms with Gasteiger partial charge >= 0.3 is 18.0 Å². The fraction of sp³-hybridized carbons (Fsp3) is 0.405. The van der Waals surface area contributed by atoms with E-state index in [1.54, 1.807) is 26.0 Å². The first-order valence-electron chi connectivity index (χ1n) is 17.0. The second kappa shape index (κ2) is 19.5. The molecule has 3 atom stereocenters. The number of benzene rings is 2. The van der Waals surface area contributed by atoms with Gasteiger partial charge in [-0.3, -0.25) is 19.3 Å². The lowest BCUT2D eigenvalue weighted by molar-refractivity contribution is -0.148. The van der Waals surface area contributed by atoms with Crippen molar-refractivity contribution in [3.8, 4) is 0 Å². The summed E-state index contributed by atoms with van der Waals surface area (Å²) >= 11 is 0. The zero-order valence-corrected chi connectivity index (χ0v) is 28.8. The number of fused-ring (bicyclic) bond motifs is 1. The molecule has 0 unspecified atom stereocenters. The number of furan rings is 1. The molecule has 51 heavy (non-hydrogen) atoms. The summed E-state index contributed by atoms with van der Waals surface area (Å²) in [5.41, 5.74) is 2.24. The minimum absolute atomic E-state index is 0.00906. The molecule has 0 spiro atoms. The smallest absolute Gasteiger partial charge is 0.407 e. The predicted octanol–water partition coefficient (Wildman–Crippen LogP) is 3.82. The summed E-state index contributed by atoms with van der Waals surface area (Å²) in [5.74, 6) is -3.04. The highest BCUT2D eigenvalue weighted by Crippen LogP contribution is 2.33. The van der Waals surface area contributed by atoms with E-state index in [4.69, 9.17) is 18.6 Å². The number of nitrogens with one attached hydrogen (secondary N) is 3. The van der Waals surface area contributed by atoms with Gasteiger partial charge in [0.15, 0.2) is 5.76 Å². The van der Waals surface area contributed by atoms with Crippen molar-refractivity contribution in [3.63, 3.8) is 0 Å². The zero-order valence-electron chi connectivity index (χ0n) is 28.8. The van der Waals surface area contributed by atoms with E-state index in [-0.39, 0.29) is 51.4 Å². The molecule has 14 heteroatoms. The molecule has 14 nitrogen and oxygen atoms in total. The lowest BCUT2D eigenvalue weighted by Crippen LogP contribution is -2.52. The van der Waals surface area contributed by atoms with E-state index in [9.17, 15) is 28.8 Å². The monoisotopic (exact) mass is 704 g/mol. The first-order chi connectivity index (χ1) is 24.7. The highest BCUT2D eigenvalue weighted by Gasteiger charge is 2.39. The number of para-hydroxylation sites is 1. The molecule has 2 aromatic carbocycles. The Labute approximate surface area is 296 Å². The molecule has 1 aromatic heterocycles. The quantitative estimate of drug-likeness (QED) is 0.100. The number of hydrogen-bond acceptors (Lipinski definition) is 10. The van der Waals surface area contributed by atoms with Crippen LogP contribution in [-0.4, -0.2) is 73.6 Å². The average Bonchev–Trinajstić information content (AvgIpc) is 3.81. The number of rotatable bonds is 18. The molecule has 0 fully saturated rings. The third-order valence-electron chi connectivity index (χ3n) is 8.11. The largest absolute Gasteiger partial charge is 0.464 e. The lowest BCUT2D eigenvalue weighted by atomic mass is 10.1. The van der Waals surface area contributed by atoms with Crippen LogP contribution in [0.1, 0.15) is 67.6 Å². The summed E-state index contributed by atoms with van der Waals surface area (Å²) in [6.07, 6.45) is 1.70. The standard InChI is InChI=1S/C37H44N4O10/c1-3-48-35(45)28(19-20-32(42)41-29-17-9-8-15-26(29)23-30(41)36(46)49-4-2)40-33(43)27(39-34(44)31-18-12-22-50-31)16-10-11-21-38-37(47)51-24-25-13-6-5-7-14-25/h5-9,12-15,17-18,22,27-28,30H,3-4,10-11,16,19-21,23-24H2,1-2H3,(H,38,47)(H,39,44)(H,40,43)/t27-,28+,30-/m0/s1. The number of amides is 4. The first kappa shape index (κ1) is 38.1. The number of carbonyl (C=O) groups is 6. The van der Waals surface area contributed by atoms with E-state index < -0.39 is 53.9 Å². The molecule has 0 bridgehead atoms. The van der Waals surface area contributed by atoms with Crippen molar-refractivity contribution in [1.82, 2.24) is 16.0 Å². The van der Waals surface area contributed by atoms with E-state index in [1.807, 2.05) is 42.5 Å². The second-order valence-corrected chi connectivity index (χ2v) is 11.7.